The van der Waals surface area contributed by atoms with Crippen LogP contribution >= 0.6 is 0 Å². The number of aromatic nitrogens is 4. The van der Waals surface area contributed by atoms with E-state index in [1.807, 2.05) is 18.2 Å². The fourth-order valence-corrected chi connectivity index (χ4v) is 7.32. The molecule has 4 nitrogen and oxygen atoms in total. The van der Waals surface area contributed by atoms with Crippen molar-refractivity contribution in [3.05, 3.63) is 158 Å². The fraction of sp³-hybridized carbons (Fsp3) is 0. The lowest BCUT2D eigenvalue weighted by Gasteiger charge is -2.11. The maximum atomic E-state index is 5.16. The molecule has 0 saturated carbocycles. The van der Waals surface area contributed by atoms with Crippen LogP contribution in [-0.4, -0.2) is 19.1 Å². The van der Waals surface area contributed by atoms with Crippen LogP contribution in [0, 0.1) is 0 Å². The average Bonchev–Trinajstić information content (AvgIpc) is 3.65. The molecule has 0 fully saturated rings. The van der Waals surface area contributed by atoms with E-state index in [2.05, 4.69) is 149 Å². The summed E-state index contributed by atoms with van der Waals surface area (Å²) in [6, 6.07) is 55.9. The van der Waals surface area contributed by atoms with Crippen LogP contribution in [-0.2, 0) is 0 Å². The highest BCUT2D eigenvalue weighted by atomic mass is 15.1. The smallest absolute Gasteiger partial charge is 0.138 e. The molecule has 0 aliphatic rings. The summed E-state index contributed by atoms with van der Waals surface area (Å²) in [5.74, 6) is 0.881. The van der Waals surface area contributed by atoms with E-state index in [1.54, 1.807) is 0 Å². The fourth-order valence-electron chi connectivity index (χ4n) is 7.32. The molecule has 4 heterocycles. The highest BCUT2D eigenvalue weighted by Crippen LogP contribution is 2.42. The minimum atomic E-state index is 0.873. The van der Waals surface area contributed by atoms with E-state index in [0.29, 0.717) is 0 Å². The SMILES string of the molecule is c1ccc(-c2ccc3nc(-n4c5ccccc5c5c6ccc7c8ccccc8n(-c8ccccc8)c7c6ccc54)ccc3n2)cc1. The third-order valence-electron chi connectivity index (χ3n) is 9.31. The van der Waals surface area contributed by atoms with Crippen molar-refractivity contribution in [1.29, 1.82) is 0 Å². The summed E-state index contributed by atoms with van der Waals surface area (Å²) in [5.41, 5.74) is 9.67. The molecule has 10 rings (SSSR count). The Bertz CT molecular complexity index is 2790. The lowest BCUT2D eigenvalue weighted by Crippen LogP contribution is -1.98. The molecule has 46 heavy (non-hydrogen) atoms. The Labute approximate surface area is 264 Å². The number of nitrogens with zero attached hydrogens (tertiary/aromatic N) is 4. The zero-order valence-electron chi connectivity index (χ0n) is 24.8. The van der Waals surface area contributed by atoms with Crippen molar-refractivity contribution >= 4 is 65.4 Å². The molecule has 0 amide bonds. The van der Waals surface area contributed by atoms with Gasteiger partial charge in [-0.3, -0.25) is 4.57 Å². The highest BCUT2D eigenvalue weighted by Gasteiger charge is 2.20. The maximum Gasteiger partial charge on any atom is 0.138 e. The molecule has 214 valence electrons. The van der Waals surface area contributed by atoms with E-state index in [4.69, 9.17) is 9.97 Å². The van der Waals surface area contributed by atoms with Crippen molar-refractivity contribution in [2.24, 2.45) is 0 Å². The molecule has 0 unspecified atom stereocenters. The first kappa shape index (κ1) is 25.1. The number of pyridine rings is 2. The third-order valence-corrected chi connectivity index (χ3v) is 9.31. The number of benzene rings is 6. The lowest BCUT2D eigenvalue weighted by molar-refractivity contribution is 1.10. The van der Waals surface area contributed by atoms with Crippen molar-refractivity contribution in [3.63, 3.8) is 0 Å². The molecule has 0 N–H and O–H groups in total. The number of hydrogen-bond acceptors (Lipinski definition) is 2. The van der Waals surface area contributed by atoms with Crippen LogP contribution in [0.1, 0.15) is 0 Å². The van der Waals surface area contributed by atoms with E-state index in [1.165, 1.54) is 43.4 Å². The van der Waals surface area contributed by atoms with E-state index in [0.717, 1.165) is 44.8 Å². The Hall–Kier alpha value is -6.26. The number of hydrogen-bond donors (Lipinski definition) is 0. The second-order valence-corrected chi connectivity index (χ2v) is 11.8. The van der Waals surface area contributed by atoms with E-state index >= 15 is 0 Å². The van der Waals surface area contributed by atoms with Crippen LogP contribution < -0.4 is 0 Å². The summed E-state index contributed by atoms with van der Waals surface area (Å²) in [7, 11) is 0. The molecule has 4 heteroatoms. The summed E-state index contributed by atoms with van der Waals surface area (Å²) in [4.78, 5) is 10.1. The predicted molar refractivity (Wildman–Crippen MR) is 191 cm³/mol. The first-order chi connectivity index (χ1) is 22.8. The van der Waals surface area contributed by atoms with Gasteiger partial charge in [0.1, 0.15) is 5.82 Å². The van der Waals surface area contributed by atoms with Crippen LogP contribution in [0.3, 0.4) is 0 Å². The van der Waals surface area contributed by atoms with Crippen molar-refractivity contribution in [2.75, 3.05) is 0 Å². The summed E-state index contributed by atoms with van der Waals surface area (Å²) >= 11 is 0. The molecule has 6 aromatic carbocycles. The summed E-state index contributed by atoms with van der Waals surface area (Å²) in [6.07, 6.45) is 0. The molecule has 0 atom stereocenters. The van der Waals surface area contributed by atoms with Crippen molar-refractivity contribution in [3.8, 4) is 22.8 Å². The van der Waals surface area contributed by atoms with Gasteiger partial charge in [0.25, 0.3) is 0 Å². The monoisotopic (exact) mass is 586 g/mol. The van der Waals surface area contributed by atoms with Crippen LogP contribution in [0.5, 0.6) is 0 Å². The van der Waals surface area contributed by atoms with Gasteiger partial charge in [-0.15, -0.1) is 0 Å². The second-order valence-electron chi connectivity index (χ2n) is 11.8. The average molecular weight is 587 g/mol. The number of para-hydroxylation sites is 3. The third kappa shape index (κ3) is 3.55. The van der Waals surface area contributed by atoms with Gasteiger partial charge in [0.05, 0.1) is 38.8 Å². The van der Waals surface area contributed by atoms with Crippen LogP contribution in [0.15, 0.2) is 158 Å². The summed E-state index contributed by atoms with van der Waals surface area (Å²) in [5, 5.41) is 7.43. The van der Waals surface area contributed by atoms with Gasteiger partial charge in [0.15, 0.2) is 0 Å². The Balaban J connectivity index is 1.25. The number of rotatable bonds is 3. The van der Waals surface area contributed by atoms with E-state index in [-0.39, 0.29) is 0 Å². The molecule has 4 aromatic heterocycles. The summed E-state index contributed by atoms with van der Waals surface area (Å²) in [6.45, 7) is 0. The highest BCUT2D eigenvalue weighted by molar-refractivity contribution is 6.27. The lowest BCUT2D eigenvalue weighted by atomic mass is 10.0. The standard InChI is InChI=1S/C42H26N4/c1-3-11-27(12-4-1)34-22-23-36-35(43-34)24-26-40(44-36)46-38-18-10-8-16-33(38)41-30-19-20-31-29-15-7-9-17-37(29)45(28-13-5-2-6-14-28)42(31)32(30)21-25-39(41)46/h1-26H. The van der Waals surface area contributed by atoms with Gasteiger partial charge in [-0.1, -0.05) is 103 Å². The quantitative estimate of drug-likeness (QED) is 0.206. The molecule has 0 aliphatic carbocycles. The molecule has 10 aromatic rings. The zero-order valence-corrected chi connectivity index (χ0v) is 24.8. The maximum absolute atomic E-state index is 5.16. The van der Waals surface area contributed by atoms with Gasteiger partial charge in [-0.25, -0.2) is 9.97 Å². The zero-order chi connectivity index (χ0) is 30.2. The van der Waals surface area contributed by atoms with Crippen molar-refractivity contribution < 1.29 is 0 Å². The van der Waals surface area contributed by atoms with Crippen molar-refractivity contribution in [2.45, 2.75) is 0 Å². The van der Waals surface area contributed by atoms with Crippen molar-refractivity contribution in [1.82, 2.24) is 19.1 Å². The molecule has 0 aliphatic heterocycles. The Morgan fingerprint density at radius 2 is 0.978 bits per heavy atom. The van der Waals surface area contributed by atoms with E-state index in [9.17, 15) is 0 Å². The first-order valence-corrected chi connectivity index (χ1v) is 15.6. The normalized spacial score (nSPS) is 11.9. The largest absolute Gasteiger partial charge is 0.309 e. The molecular weight excluding hydrogens is 560 g/mol. The topological polar surface area (TPSA) is 35.6 Å². The second kappa shape index (κ2) is 9.62. The molecule has 0 bridgehead atoms. The molecule has 0 spiro atoms. The van der Waals surface area contributed by atoms with Gasteiger partial charge in [0.2, 0.25) is 0 Å². The minimum Gasteiger partial charge on any atom is -0.309 e. The molecule has 0 saturated heterocycles. The Morgan fingerprint density at radius 1 is 0.370 bits per heavy atom. The molecule has 0 radical (unpaired) electrons. The summed E-state index contributed by atoms with van der Waals surface area (Å²) < 4.78 is 4.71. The Morgan fingerprint density at radius 3 is 1.80 bits per heavy atom. The molecular formula is C42H26N4. The number of fused-ring (bicyclic) bond motifs is 10. The van der Waals surface area contributed by atoms with E-state index < -0.39 is 0 Å². The van der Waals surface area contributed by atoms with Gasteiger partial charge < -0.3 is 4.57 Å². The Kier molecular flexibility index (Phi) is 5.25. The van der Waals surface area contributed by atoms with Crippen LogP contribution in [0.25, 0.3) is 88.2 Å². The first-order valence-electron chi connectivity index (χ1n) is 15.6. The minimum absolute atomic E-state index is 0.873. The van der Waals surface area contributed by atoms with Gasteiger partial charge >= 0.3 is 0 Å². The van der Waals surface area contributed by atoms with Crippen LogP contribution in [0.2, 0.25) is 0 Å². The van der Waals surface area contributed by atoms with Gasteiger partial charge in [-0.2, -0.15) is 0 Å². The van der Waals surface area contributed by atoms with Gasteiger partial charge in [-0.05, 0) is 60.0 Å². The van der Waals surface area contributed by atoms with Crippen LogP contribution in [0.4, 0.5) is 0 Å². The van der Waals surface area contributed by atoms with Gasteiger partial charge in [0, 0.05) is 38.2 Å². The predicted octanol–water partition coefficient (Wildman–Crippen LogP) is 10.6.